The average Bonchev–Trinajstić information content (AvgIpc) is 3.25. The van der Waals surface area contributed by atoms with Crippen LogP contribution in [0.25, 0.3) is 33.3 Å². The first-order valence-electron chi connectivity index (χ1n) is 10.8. The average molecular weight is 473 g/mol. The Bertz CT molecular complexity index is 1650. The molecule has 0 unspecified atom stereocenters. The molecule has 0 radical (unpaired) electrons. The monoisotopic (exact) mass is 473 g/mol. The second-order valence-corrected chi connectivity index (χ2v) is 7.71. The van der Waals surface area contributed by atoms with E-state index in [-0.39, 0.29) is 24.7 Å². The molecular weight excluding hydrogens is 452 g/mol. The van der Waals surface area contributed by atoms with Crippen molar-refractivity contribution in [3.63, 3.8) is 0 Å². The third-order valence-corrected chi connectivity index (χ3v) is 5.54. The van der Waals surface area contributed by atoms with Crippen LogP contribution < -0.4 is 10.3 Å². The normalized spacial score (nSPS) is 11.1. The minimum atomic E-state index is -0.378. The van der Waals surface area contributed by atoms with Gasteiger partial charge in [0.05, 0.1) is 16.8 Å². The number of aromatic nitrogens is 3. The van der Waals surface area contributed by atoms with Crippen LogP contribution in [0.3, 0.4) is 0 Å². The highest BCUT2D eigenvalue weighted by Gasteiger charge is 2.20. The molecule has 10 heteroatoms. The molecule has 35 heavy (non-hydrogen) atoms. The van der Waals surface area contributed by atoms with E-state index in [4.69, 9.17) is 19.3 Å². The largest absolute Gasteiger partial charge is 0.488 e. The molecule has 0 fully saturated rings. The minimum absolute atomic E-state index is 0.123. The molecule has 3 heterocycles. The Labute approximate surface area is 198 Å². The van der Waals surface area contributed by atoms with Crippen LogP contribution in [-0.4, -0.2) is 45.2 Å². The van der Waals surface area contributed by atoms with Gasteiger partial charge in [0.25, 0.3) is 10.5 Å². The first kappa shape index (κ1) is 22.1. The predicted molar refractivity (Wildman–Crippen MR) is 128 cm³/mol. The minimum Gasteiger partial charge on any atom is -0.488 e. The third kappa shape index (κ3) is 3.95. The van der Waals surface area contributed by atoms with Crippen molar-refractivity contribution in [2.75, 3.05) is 20.3 Å². The van der Waals surface area contributed by atoms with Gasteiger partial charge in [-0.2, -0.15) is 0 Å². The summed E-state index contributed by atoms with van der Waals surface area (Å²) in [4.78, 5) is 46.3. The van der Waals surface area contributed by atoms with E-state index in [1.165, 1.54) is 14.0 Å². The first-order chi connectivity index (χ1) is 17.0. The van der Waals surface area contributed by atoms with E-state index in [1.54, 1.807) is 57.6 Å². The lowest BCUT2D eigenvalue weighted by molar-refractivity contribution is -0.736. The summed E-state index contributed by atoms with van der Waals surface area (Å²) in [6.45, 7) is 1.64. The molecule has 0 atom stereocenters. The molecule has 0 amide bonds. The Balaban J connectivity index is 1.72. The second-order valence-electron chi connectivity index (χ2n) is 7.71. The lowest BCUT2D eigenvalue weighted by atomic mass is 10.1. The SMILES string of the molecule is CO[N+](=O)c1ccc(-n2c(=O)c3ccccc3c3nc4ccc(OCCOC(C)=O)cn4c32)cc1. The van der Waals surface area contributed by atoms with E-state index in [0.717, 1.165) is 5.39 Å². The number of carbonyl (C=O) groups excluding carboxylic acids is 1. The first-order valence-corrected chi connectivity index (χ1v) is 10.8. The molecule has 2 aromatic carbocycles. The van der Waals surface area contributed by atoms with E-state index < -0.39 is 0 Å². The number of carbonyl (C=O) groups is 1. The van der Waals surface area contributed by atoms with Crippen LogP contribution in [0.15, 0.2) is 71.7 Å². The van der Waals surface area contributed by atoms with Crippen LogP contribution in [0.5, 0.6) is 5.75 Å². The number of fused-ring (bicyclic) bond motifs is 5. The van der Waals surface area contributed by atoms with E-state index in [2.05, 4.69) is 0 Å². The Morgan fingerprint density at radius 3 is 2.46 bits per heavy atom. The van der Waals surface area contributed by atoms with Crippen LogP contribution in [0.1, 0.15) is 6.92 Å². The van der Waals surface area contributed by atoms with E-state index in [1.807, 2.05) is 18.2 Å². The number of hydrogen-bond acceptors (Lipinski definition) is 7. The number of benzene rings is 2. The van der Waals surface area contributed by atoms with Gasteiger partial charge in [-0.3, -0.25) is 18.6 Å². The molecular formula is C25H21N4O6+. The van der Waals surface area contributed by atoms with Gasteiger partial charge in [-0.1, -0.05) is 18.2 Å². The van der Waals surface area contributed by atoms with Gasteiger partial charge >= 0.3 is 11.7 Å². The van der Waals surface area contributed by atoms with Crippen molar-refractivity contribution in [2.24, 2.45) is 0 Å². The summed E-state index contributed by atoms with van der Waals surface area (Å²) < 4.78 is 14.0. The summed E-state index contributed by atoms with van der Waals surface area (Å²) in [5.41, 5.74) is 2.44. The third-order valence-electron chi connectivity index (χ3n) is 5.54. The highest BCUT2D eigenvalue weighted by atomic mass is 16.8. The molecule has 5 rings (SSSR count). The Kier molecular flexibility index (Phi) is 5.61. The molecule has 10 nitrogen and oxygen atoms in total. The fraction of sp³-hybridized carbons (Fsp3) is 0.160. The van der Waals surface area contributed by atoms with Crippen molar-refractivity contribution < 1.29 is 24.0 Å². The summed E-state index contributed by atoms with van der Waals surface area (Å²) in [6, 6.07) is 17.4. The van der Waals surface area contributed by atoms with Gasteiger partial charge in [-0.15, -0.1) is 0 Å². The van der Waals surface area contributed by atoms with Crippen LogP contribution >= 0.6 is 0 Å². The molecule has 0 N–H and O–H groups in total. The van der Waals surface area contributed by atoms with Crippen LogP contribution in [0, 0.1) is 4.91 Å². The molecule has 0 bridgehead atoms. The van der Waals surface area contributed by atoms with Crippen molar-refractivity contribution in [3.05, 3.63) is 82.1 Å². The van der Waals surface area contributed by atoms with E-state index in [0.29, 0.717) is 44.2 Å². The van der Waals surface area contributed by atoms with Gasteiger partial charge in [0.1, 0.15) is 30.1 Å². The highest BCUT2D eigenvalue weighted by molar-refractivity contribution is 6.04. The number of rotatable bonds is 7. The lowest BCUT2D eigenvalue weighted by Gasteiger charge is -2.11. The molecule has 176 valence electrons. The zero-order valence-corrected chi connectivity index (χ0v) is 19.0. The molecule has 5 aromatic rings. The Morgan fingerprint density at radius 1 is 1.00 bits per heavy atom. The zero-order chi connectivity index (χ0) is 24.5. The van der Waals surface area contributed by atoms with Crippen molar-refractivity contribution >= 4 is 39.2 Å². The predicted octanol–water partition coefficient (Wildman–Crippen LogP) is 3.71. The number of ether oxygens (including phenoxy) is 2. The Hall–Kier alpha value is -4.73. The van der Waals surface area contributed by atoms with Crippen molar-refractivity contribution in [1.29, 1.82) is 0 Å². The number of nitrogens with zero attached hydrogens (tertiary/aromatic N) is 4. The van der Waals surface area contributed by atoms with Crippen LogP contribution in [-0.2, 0) is 14.4 Å². The zero-order valence-electron chi connectivity index (χ0n) is 19.0. The lowest BCUT2D eigenvalue weighted by Crippen LogP contribution is -2.20. The van der Waals surface area contributed by atoms with Gasteiger partial charge in [0.15, 0.2) is 12.8 Å². The fourth-order valence-corrected chi connectivity index (χ4v) is 4.00. The summed E-state index contributed by atoms with van der Waals surface area (Å²) in [6.07, 6.45) is 1.74. The molecule has 0 aliphatic heterocycles. The number of hydrogen-bond donors (Lipinski definition) is 0. The van der Waals surface area contributed by atoms with Gasteiger partial charge in [-0.25, -0.2) is 9.82 Å². The molecule has 0 aliphatic carbocycles. The maximum Gasteiger partial charge on any atom is 0.316 e. The molecule has 3 aromatic heterocycles. The summed E-state index contributed by atoms with van der Waals surface area (Å²) >= 11 is 0. The van der Waals surface area contributed by atoms with Crippen LogP contribution in [0.2, 0.25) is 0 Å². The maximum atomic E-state index is 13.7. The number of imidazole rings is 1. The standard InChI is InChI=1S/C25H21N4O6/c1-16(30)34-13-14-35-19-11-12-22-26-23-20-5-3-4-6-21(20)25(31)28(24(23)27(22)15-19)17-7-9-18(10-8-17)29(32)33-2/h3-12,15H,13-14H2,1-2H3/q+1. The summed E-state index contributed by atoms with van der Waals surface area (Å²) in [7, 11) is 1.28. The van der Waals surface area contributed by atoms with Crippen molar-refractivity contribution in [3.8, 4) is 11.4 Å². The number of esters is 1. The molecule has 0 aliphatic rings. The van der Waals surface area contributed by atoms with Gasteiger partial charge in [0.2, 0.25) is 0 Å². The molecule has 0 saturated heterocycles. The Morgan fingerprint density at radius 2 is 1.74 bits per heavy atom. The highest BCUT2D eigenvalue weighted by Crippen LogP contribution is 2.28. The van der Waals surface area contributed by atoms with Gasteiger partial charge in [-0.05, 0) is 30.3 Å². The fourth-order valence-electron chi connectivity index (χ4n) is 4.00. The molecule has 0 saturated carbocycles. The van der Waals surface area contributed by atoms with Crippen molar-refractivity contribution in [2.45, 2.75) is 6.92 Å². The van der Waals surface area contributed by atoms with Gasteiger partial charge in [0, 0.05) is 29.8 Å². The van der Waals surface area contributed by atoms with Gasteiger partial charge < -0.3 is 9.47 Å². The summed E-state index contributed by atoms with van der Waals surface area (Å²) in [5, 5.41) is 1.25. The summed E-state index contributed by atoms with van der Waals surface area (Å²) in [5.74, 6) is 0.144. The van der Waals surface area contributed by atoms with E-state index >= 15 is 0 Å². The second kappa shape index (κ2) is 8.90. The number of pyridine rings is 2. The van der Waals surface area contributed by atoms with Crippen molar-refractivity contribution in [1.82, 2.24) is 14.0 Å². The maximum absolute atomic E-state index is 13.7. The smallest absolute Gasteiger partial charge is 0.316 e. The quantitative estimate of drug-likeness (QED) is 0.202. The molecule has 0 spiro atoms. The van der Waals surface area contributed by atoms with Crippen LogP contribution in [0.4, 0.5) is 5.69 Å². The van der Waals surface area contributed by atoms with E-state index in [9.17, 15) is 14.5 Å². The topological polar surface area (TPSA) is 104 Å².